The monoisotopic (exact) mass is 414 g/mol. The number of nitrogens with one attached hydrogen (secondary N) is 3. The highest BCUT2D eigenvalue weighted by Crippen LogP contribution is 2.16. The number of anilines is 1. The maximum Gasteiger partial charge on any atom is 0.319 e. The van der Waals surface area contributed by atoms with E-state index in [1.807, 2.05) is 38.1 Å². The van der Waals surface area contributed by atoms with E-state index in [4.69, 9.17) is 0 Å². The van der Waals surface area contributed by atoms with E-state index < -0.39 is 0 Å². The first kappa shape index (κ1) is 20.1. The van der Waals surface area contributed by atoms with Gasteiger partial charge in [0.05, 0.1) is 5.56 Å². The number of aromatic nitrogens is 4. The molecule has 31 heavy (non-hydrogen) atoms. The molecule has 0 atom stereocenters. The average Bonchev–Trinajstić information content (AvgIpc) is 3.17. The third kappa shape index (κ3) is 4.53. The van der Waals surface area contributed by atoms with Crippen molar-refractivity contribution in [3.63, 3.8) is 0 Å². The number of aromatic amines is 1. The Morgan fingerprint density at radius 2 is 2.00 bits per heavy atom. The van der Waals surface area contributed by atoms with Gasteiger partial charge in [-0.15, -0.1) is 0 Å². The normalized spacial score (nSPS) is 10.6. The van der Waals surface area contributed by atoms with Gasteiger partial charge in [-0.2, -0.15) is 0 Å². The second kappa shape index (κ2) is 8.66. The zero-order valence-corrected chi connectivity index (χ0v) is 17.2. The van der Waals surface area contributed by atoms with Crippen LogP contribution in [0, 0.1) is 13.8 Å². The number of aryl methyl sites for hydroxylation is 2. The molecule has 0 radical (unpaired) electrons. The standard InChI is InChI=1S/C23H22N6O2/c1-15-5-6-16(2)20(10-15)28-23(31)26-12-17-7-9-25-21(11-17)29-22(30)19(14-27-29)18-4-3-8-24-13-18/h3-11,13-14,27H,12H2,1-2H3,(H2,26,28,31). The van der Waals surface area contributed by atoms with Gasteiger partial charge >= 0.3 is 6.03 Å². The topological polar surface area (TPSA) is 105 Å². The molecule has 8 heteroatoms. The van der Waals surface area contributed by atoms with Gasteiger partial charge < -0.3 is 10.6 Å². The highest BCUT2D eigenvalue weighted by molar-refractivity contribution is 5.90. The molecule has 0 spiro atoms. The van der Waals surface area contributed by atoms with Gasteiger partial charge in [0.15, 0.2) is 5.82 Å². The summed E-state index contributed by atoms with van der Waals surface area (Å²) in [5, 5.41) is 8.64. The zero-order chi connectivity index (χ0) is 21.8. The fraction of sp³-hybridized carbons (Fsp3) is 0.130. The highest BCUT2D eigenvalue weighted by Gasteiger charge is 2.11. The summed E-state index contributed by atoms with van der Waals surface area (Å²) >= 11 is 0. The SMILES string of the molecule is Cc1ccc(C)c(NC(=O)NCc2ccnc(-n3[nH]cc(-c4cccnc4)c3=O)c2)c1. The molecule has 156 valence electrons. The molecule has 8 nitrogen and oxygen atoms in total. The molecule has 3 aromatic heterocycles. The van der Waals surface area contributed by atoms with E-state index in [-0.39, 0.29) is 18.1 Å². The predicted molar refractivity (Wildman–Crippen MR) is 119 cm³/mol. The molecule has 0 aliphatic heterocycles. The molecule has 0 unspecified atom stereocenters. The van der Waals surface area contributed by atoms with Crippen LogP contribution in [0.25, 0.3) is 16.9 Å². The lowest BCUT2D eigenvalue weighted by molar-refractivity contribution is 0.251. The summed E-state index contributed by atoms with van der Waals surface area (Å²) < 4.78 is 1.36. The fourth-order valence-corrected chi connectivity index (χ4v) is 3.18. The van der Waals surface area contributed by atoms with Gasteiger partial charge in [0.25, 0.3) is 5.56 Å². The summed E-state index contributed by atoms with van der Waals surface area (Å²) in [6.07, 6.45) is 6.52. The van der Waals surface area contributed by atoms with E-state index in [0.717, 1.165) is 27.9 Å². The molecule has 0 saturated heterocycles. The van der Waals surface area contributed by atoms with E-state index in [1.165, 1.54) is 4.68 Å². The van der Waals surface area contributed by atoms with Gasteiger partial charge in [-0.25, -0.2) is 14.5 Å². The van der Waals surface area contributed by atoms with E-state index in [0.29, 0.717) is 11.4 Å². The Balaban J connectivity index is 1.47. The van der Waals surface area contributed by atoms with Crippen molar-refractivity contribution >= 4 is 11.7 Å². The molecule has 0 aliphatic carbocycles. The van der Waals surface area contributed by atoms with Crippen molar-refractivity contribution in [3.8, 4) is 16.9 Å². The average molecular weight is 414 g/mol. The van der Waals surface area contributed by atoms with Crippen LogP contribution in [-0.4, -0.2) is 25.8 Å². The molecule has 0 saturated carbocycles. The lowest BCUT2D eigenvalue weighted by Crippen LogP contribution is -2.28. The second-order valence-corrected chi connectivity index (χ2v) is 7.22. The number of benzene rings is 1. The predicted octanol–water partition coefficient (Wildman–Crippen LogP) is 3.56. The Labute approximate surface area is 179 Å². The summed E-state index contributed by atoms with van der Waals surface area (Å²) in [6.45, 7) is 4.21. The molecular weight excluding hydrogens is 392 g/mol. The van der Waals surface area contributed by atoms with Crippen molar-refractivity contribution in [3.05, 3.63) is 94.3 Å². The Morgan fingerprint density at radius 3 is 2.81 bits per heavy atom. The van der Waals surface area contributed by atoms with Gasteiger partial charge in [-0.05, 0) is 54.8 Å². The Morgan fingerprint density at radius 1 is 1.13 bits per heavy atom. The van der Waals surface area contributed by atoms with Crippen molar-refractivity contribution in [2.24, 2.45) is 0 Å². The van der Waals surface area contributed by atoms with Gasteiger partial charge in [0, 0.05) is 42.6 Å². The van der Waals surface area contributed by atoms with E-state index in [1.54, 1.807) is 43.0 Å². The van der Waals surface area contributed by atoms with E-state index >= 15 is 0 Å². The van der Waals surface area contributed by atoms with Crippen LogP contribution in [0.1, 0.15) is 16.7 Å². The number of pyridine rings is 2. The van der Waals surface area contributed by atoms with Crippen molar-refractivity contribution in [1.29, 1.82) is 0 Å². The number of urea groups is 1. The maximum absolute atomic E-state index is 12.8. The van der Waals surface area contributed by atoms with Gasteiger partial charge in [-0.1, -0.05) is 18.2 Å². The second-order valence-electron chi connectivity index (χ2n) is 7.22. The zero-order valence-electron chi connectivity index (χ0n) is 17.2. The number of nitrogens with zero attached hydrogens (tertiary/aromatic N) is 3. The molecule has 1 aromatic carbocycles. The summed E-state index contributed by atoms with van der Waals surface area (Å²) in [4.78, 5) is 33.4. The molecule has 0 aliphatic rings. The summed E-state index contributed by atoms with van der Waals surface area (Å²) in [5.41, 5.74) is 4.65. The minimum Gasteiger partial charge on any atom is -0.334 e. The summed E-state index contributed by atoms with van der Waals surface area (Å²) in [6, 6.07) is 12.7. The molecule has 3 heterocycles. The van der Waals surface area contributed by atoms with Crippen LogP contribution in [0.5, 0.6) is 0 Å². The summed E-state index contributed by atoms with van der Waals surface area (Å²) in [7, 11) is 0. The number of carbonyl (C=O) groups excluding carboxylic acids is 1. The van der Waals surface area contributed by atoms with Gasteiger partial charge in [0.2, 0.25) is 0 Å². The first-order chi connectivity index (χ1) is 15.0. The van der Waals surface area contributed by atoms with Crippen LogP contribution in [0.2, 0.25) is 0 Å². The Bertz CT molecular complexity index is 1280. The Hall–Kier alpha value is -4.20. The van der Waals surface area contributed by atoms with Crippen molar-refractivity contribution in [2.75, 3.05) is 5.32 Å². The van der Waals surface area contributed by atoms with Crippen molar-refractivity contribution < 1.29 is 4.79 Å². The highest BCUT2D eigenvalue weighted by atomic mass is 16.2. The van der Waals surface area contributed by atoms with E-state index in [9.17, 15) is 9.59 Å². The van der Waals surface area contributed by atoms with Gasteiger partial charge in [0.1, 0.15) is 0 Å². The minimum absolute atomic E-state index is 0.224. The third-order valence-electron chi connectivity index (χ3n) is 4.88. The summed E-state index contributed by atoms with van der Waals surface area (Å²) in [5.74, 6) is 0.439. The molecular formula is C23H22N6O2. The van der Waals surface area contributed by atoms with Crippen molar-refractivity contribution in [1.82, 2.24) is 25.1 Å². The molecule has 4 aromatic rings. The maximum atomic E-state index is 12.8. The van der Waals surface area contributed by atoms with E-state index in [2.05, 4.69) is 25.7 Å². The molecule has 2 amide bonds. The molecule has 0 fully saturated rings. The van der Waals surface area contributed by atoms with Crippen LogP contribution in [-0.2, 0) is 6.54 Å². The van der Waals surface area contributed by atoms with Crippen LogP contribution >= 0.6 is 0 Å². The lowest BCUT2D eigenvalue weighted by atomic mass is 10.1. The van der Waals surface area contributed by atoms with Crippen LogP contribution < -0.4 is 16.2 Å². The van der Waals surface area contributed by atoms with Crippen molar-refractivity contribution in [2.45, 2.75) is 20.4 Å². The largest absolute Gasteiger partial charge is 0.334 e. The minimum atomic E-state index is -0.303. The molecule has 0 bridgehead atoms. The third-order valence-corrected chi connectivity index (χ3v) is 4.88. The first-order valence-corrected chi connectivity index (χ1v) is 9.79. The fourth-order valence-electron chi connectivity index (χ4n) is 3.18. The smallest absolute Gasteiger partial charge is 0.319 e. The Kier molecular flexibility index (Phi) is 5.61. The number of hydrogen-bond acceptors (Lipinski definition) is 4. The van der Waals surface area contributed by atoms with Crippen LogP contribution in [0.15, 0.2) is 72.0 Å². The number of H-pyrrole nitrogens is 1. The quantitative estimate of drug-likeness (QED) is 0.464. The van der Waals surface area contributed by atoms with Gasteiger partial charge in [-0.3, -0.25) is 14.9 Å². The van der Waals surface area contributed by atoms with Crippen LogP contribution in [0.3, 0.4) is 0 Å². The first-order valence-electron chi connectivity index (χ1n) is 9.79. The number of amides is 2. The lowest BCUT2D eigenvalue weighted by Gasteiger charge is -2.11. The number of rotatable bonds is 5. The number of carbonyl (C=O) groups is 1. The van der Waals surface area contributed by atoms with Crippen LogP contribution in [0.4, 0.5) is 10.5 Å². The number of hydrogen-bond donors (Lipinski definition) is 3. The molecule has 4 rings (SSSR count). The molecule has 3 N–H and O–H groups in total.